The maximum atomic E-state index is 5.92. The molecule has 1 aliphatic heterocycles. The molecule has 1 fully saturated rings. The molecule has 3 aromatic carbocycles. The van der Waals surface area contributed by atoms with Crippen LogP contribution in [-0.2, 0) is 6.54 Å². The number of hydrogen-bond donors (Lipinski definition) is 1. The van der Waals surface area contributed by atoms with E-state index in [2.05, 4.69) is 86.8 Å². The smallest absolute Gasteiger partial charge is 0.247 e. The molecule has 0 bridgehead atoms. The van der Waals surface area contributed by atoms with Crippen molar-refractivity contribution < 1.29 is 4.42 Å². The Kier molecular flexibility index (Phi) is 6.58. The highest BCUT2D eigenvalue weighted by Gasteiger charge is 2.18. The molecule has 0 spiro atoms. The van der Waals surface area contributed by atoms with Gasteiger partial charge in [-0.2, -0.15) is 0 Å². The third-order valence-corrected chi connectivity index (χ3v) is 6.35. The Bertz CT molecular complexity index is 1180. The molecule has 174 valence electrons. The number of hydrogen-bond acceptors (Lipinski definition) is 6. The van der Waals surface area contributed by atoms with E-state index in [1.54, 1.807) is 0 Å². The number of rotatable bonds is 7. The third kappa shape index (κ3) is 5.29. The first kappa shape index (κ1) is 22.2. The average Bonchev–Trinajstić information content (AvgIpc) is 3.37. The van der Waals surface area contributed by atoms with Crippen LogP contribution in [0.3, 0.4) is 0 Å². The monoisotopic (exact) mass is 453 g/mol. The van der Waals surface area contributed by atoms with E-state index in [1.165, 1.54) is 16.8 Å². The highest BCUT2D eigenvalue weighted by Crippen LogP contribution is 2.25. The van der Waals surface area contributed by atoms with Crippen LogP contribution in [0.5, 0.6) is 0 Å². The van der Waals surface area contributed by atoms with Crippen molar-refractivity contribution in [3.63, 3.8) is 0 Å². The summed E-state index contributed by atoms with van der Waals surface area (Å²) in [5.41, 5.74) is 5.82. The number of piperazine rings is 1. The molecule has 6 nitrogen and oxygen atoms in total. The summed E-state index contributed by atoms with van der Waals surface area (Å²) in [6, 6.07) is 27.4. The summed E-state index contributed by atoms with van der Waals surface area (Å²) in [4.78, 5) is 4.99. The van der Waals surface area contributed by atoms with Crippen molar-refractivity contribution >= 4 is 11.4 Å². The van der Waals surface area contributed by atoms with Crippen LogP contribution in [0.25, 0.3) is 11.5 Å². The molecule has 34 heavy (non-hydrogen) atoms. The van der Waals surface area contributed by atoms with E-state index < -0.39 is 0 Å². The van der Waals surface area contributed by atoms with E-state index in [0.717, 1.165) is 44.0 Å². The van der Waals surface area contributed by atoms with E-state index in [-0.39, 0.29) is 6.04 Å². The summed E-state index contributed by atoms with van der Waals surface area (Å²) in [6.45, 7) is 9.35. The van der Waals surface area contributed by atoms with Gasteiger partial charge in [-0.15, -0.1) is 10.2 Å². The molecule has 1 aliphatic rings. The van der Waals surface area contributed by atoms with Gasteiger partial charge < -0.3 is 14.6 Å². The lowest BCUT2D eigenvalue weighted by atomic mass is 10.1. The Morgan fingerprint density at radius 3 is 2.26 bits per heavy atom. The predicted octanol–water partition coefficient (Wildman–Crippen LogP) is 5.54. The highest BCUT2D eigenvalue weighted by atomic mass is 16.4. The SMILES string of the molecule is Cc1ccc(-c2nnc(C(C)Nc3ccc(N4CCN(Cc5ccccc5)CC4)cc3)o2)cc1. The van der Waals surface area contributed by atoms with Gasteiger partial charge in [0.1, 0.15) is 6.04 Å². The van der Waals surface area contributed by atoms with Gasteiger partial charge in [0.15, 0.2) is 0 Å². The third-order valence-electron chi connectivity index (χ3n) is 6.35. The molecule has 0 saturated carbocycles. The second-order valence-electron chi connectivity index (χ2n) is 8.97. The second-order valence-corrected chi connectivity index (χ2v) is 8.97. The number of aryl methyl sites for hydroxylation is 1. The maximum Gasteiger partial charge on any atom is 0.247 e. The lowest BCUT2D eigenvalue weighted by Crippen LogP contribution is -2.45. The summed E-state index contributed by atoms with van der Waals surface area (Å²) < 4.78 is 5.92. The van der Waals surface area contributed by atoms with E-state index in [0.29, 0.717) is 11.8 Å². The number of nitrogens with one attached hydrogen (secondary N) is 1. The highest BCUT2D eigenvalue weighted by molar-refractivity contribution is 5.56. The lowest BCUT2D eigenvalue weighted by molar-refractivity contribution is 0.250. The second kappa shape index (κ2) is 10.1. The Labute approximate surface area is 201 Å². The zero-order chi connectivity index (χ0) is 23.3. The first-order valence-electron chi connectivity index (χ1n) is 11.9. The molecule has 0 amide bonds. The summed E-state index contributed by atoms with van der Waals surface area (Å²) in [6.07, 6.45) is 0. The van der Waals surface area contributed by atoms with Crippen molar-refractivity contribution in [2.45, 2.75) is 26.4 Å². The topological polar surface area (TPSA) is 57.4 Å². The van der Waals surface area contributed by atoms with Gasteiger partial charge in [0, 0.05) is 49.7 Å². The van der Waals surface area contributed by atoms with Gasteiger partial charge in [0.2, 0.25) is 11.8 Å². The minimum atomic E-state index is -0.0842. The van der Waals surface area contributed by atoms with Crippen molar-refractivity contribution in [1.29, 1.82) is 0 Å². The minimum Gasteiger partial charge on any atom is -0.418 e. The molecule has 6 heteroatoms. The van der Waals surface area contributed by atoms with Gasteiger partial charge in [-0.3, -0.25) is 4.90 Å². The van der Waals surface area contributed by atoms with Crippen LogP contribution < -0.4 is 10.2 Å². The Morgan fingerprint density at radius 2 is 1.56 bits per heavy atom. The van der Waals surface area contributed by atoms with Gasteiger partial charge in [-0.1, -0.05) is 48.0 Å². The molecule has 5 rings (SSSR count). The van der Waals surface area contributed by atoms with Gasteiger partial charge in [0.05, 0.1) is 0 Å². The predicted molar refractivity (Wildman–Crippen MR) is 137 cm³/mol. The van der Waals surface area contributed by atoms with Gasteiger partial charge in [-0.25, -0.2) is 0 Å². The Balaban J connectivity index is 1.15. The number of anilines is 2. The fraction of sp³-hybridized carbons (Fsp3) is 0.286. The van der Waals surface area contributed by atoms with Gasteiger partial charge in [-0.05, 0) is 55.8 Å². The van der Waals surface area contributed by atoms with Crippen LogP contribution in [0.15, 0.2) is 83.3 Å². The summed E-state index contributed by atoms with van der Waals surface area (Å²) in [7, 11) is 0. The normalized spacial score (nSPS) is 15.3. The van der Waals surface area contributed by atoms with E-state index in [1.807, 2.05) is 31.2 Å². The number of nitrogens with zero attached hydrogens (tertiary/aromatic N) is 4. The molecule has 0 radical (unpaired) electrons. The fourth-order valence-electron chi connectivity index (χ4n) is 4.31. The zero-order valence-corrected chi connectivity index (χ0v) is 19.8. The largest absolute Gasteiger partial charge is 0.418 e. The molecule has 4 aromatic rings. The zero-order valence-electron chi connectivity index (χ0n) is 19.8. The molecule has 1 saturated heterocycles. The first-order valence-corrected chi connectivity index (χ1v) is 11.9. The molecule has 2 heterocycles. The minimum absolute atomic E-state index is 0.0842. The van der Waals surface area contributed by atoms with Crippen molar-refractivity contribution in [1.82, 2.24) is 15.1 Å². The van der Waals surface area contributed by atoms with E-state index in [9.17, 15) is 0 Å². The number of aromatic nitrogens is 2. The van der Waals surface area contributed by atoms with Crippen molar-refractivity contribution in [2.75, 3.05) is 36.4 Å². The van der Waals surface area contributed by atoms with E-state index in [4.69, 9.17) is 4.42 Å². The van der Waals surface area contributed by atoms with Crippen LogP contribution in [0.4, 0.5) is 11.4 Å². The Morgan fingerprint density at radius 1 is 0.853 bits per heavy atom. The molecule has 1 aromatic heterocycles. The van der Waals surface area contributed by atoms with Crippen LogP contribution in [0.2, 0.25) is 0 Å². The molecular formula is C28H31N5O. The summed E-state index contributed by atoms with van der Waals surface area (Å²) in [5, 5.41) is 11.9. The molecule has 0 aliphatic carbocycles. The average molecular weight is 454 g/mol. The first-order chi connectivity index (χ1) is 16.6. The van der Waals surface area contributed by atoms with Crippen molar-refractivity contribution in [3.8, 4) is 11.5 Å². The van der Waals surface area contributed by atoms with Crippen molar-refractivity contribution in [2.24, 2.45) is 0 Å². The van der Waals surface area contributed by atoms with E-state index >= 15 is 0 Å². The maximum absolute atomic E-state index is 5.92. The van der Waals surface area contributed by atoms with Crippen LogP contribution >= 0.6 is 0 Å². The summed E-state index contributed by atoms with van der Waals surface area (Å²) >= 11 is 0. The van der Waals surface area contributed by atoms with Crippen LogP contribution in [-0.4, -0.2) is 41.3 Å². The molecular weight excluding hydrogens is 422 g/mol. The van der Waals surface area contributed by atoms with Crippen LogP contribution in [0, 0.1) is 6.92 Å². The standard InChI is InChI=1S/C28H31N5O/c1-21-8-10-24(11-9-21)28-31-30-27(34-28)22(2)29-25-12-14-26(15-13-25)33-18-16-32(17-19-33)20-23-6-4-3-5-7-23/h3-15,22,29H,16-20H2,1-2H3. The Hall–Kier alpha value is -3.64. The summed E-state index contributed by atoms with van der Waals surface area (Å²) in [5.74, 6) is 1.12. The fourth-order valence-corrected chi connectivity index (χ4v) is 4.31. The quantitative estimate of drug-likeness (QED) is 0.396. The molecule has 1 unspecified atom stereocenters. The number of benzene rings is 3. The van der Waals surface area contributed by atoms with Gasteiger partial charge in [0.25, 0.3) is 0 Å². The molecule has 1 N–H and O–H groups in total. The molecule has 1 atom stereocenters. The van der Waals surface area contributed by atoms with Crippen molar-refractivity contribution in [3.05, 3.63) is 95.9 Å². The lowest BCUT2D eigenvalue weighted by Gasteiger charge is -2.36. The van der Waals surface area contributed by atoms with Crippen LogP contribution in [0.1, 0.15) is 30.0 Å². The van der Waals surface area contributed by atoms with Gasteiger partial charge >= 0.3 is 0 Å².